The highest BCUT2D eigenvalue weighted by molar-refractivity contribution is 5.16. The van der Waals surface area contributed by atoms with E-state index in [4.69, 9.17) is 0 Å². The molecule has 0 aromatic carbocycles. The van der Waals surface area contributed by atoms with Gasteiger partial charge in [0.25, 0.3) is 0 Å². The van der Waals surface area contributed by atoms with Gasteiger partial charge in [-0.25, -0.2) is 0 Å². The maximum absolute atomic E-state index is 3.85. The maximum Gasteiger partial charge on any atom is -0.0233 e. The van der Waals surface area contributed by atoms with Gasteiger partial charge in [-0.15, -0.1) is 6.58 Å². The van der Waals surface area contributed by atoms with Crippen molar-refractivity contribution in [2.45, 2.75) is 32.1 Å². The molecule has 0 saturated heterocycles. The van der Waals surface area contributed by atoms with Gasteiger partial charge in [-0.2, -0.15) is 0 Å². The minimum Gasteiger partial charge on any atom is -0.103 e. The first-order valence-electron chi connectivity index (χ1n) is 4.81. The van der Waals surface area contributed by atoms with E-state index in [9.17, 15) is 0 Å². The average Bonchev–Trinajstić information content (AvgIpc) is 2.05. The summed E-state index contributed by atoms with van der Waals surface area (Å²) < 4.78 is 0. The van der Waals surface area contributed by atoms with Crippen molar-refractivity contribution in [2.75, 3.05) is 0 Å². The molecule has 0 saturated carbocycles. The summed E-state index contributed by atoms with van der Waals surface area (Å²) in [6.45, 7) is 7.66. The van der Waals surface area contributed by atoms with E-state index in [1.165, 1.54) is 37.7 Å². The van der Waals surface area contributed by atoms with Crippen LogP contribution in [-0.2, 0) is 0 Å². The monoisotopic (exact) mass is 162 g/mol. The third kappa shape index (κ3) is 2.69. The molecule has 0 aromatic rings. The van der Waals surface area contributed by atoms with Gasteiger partial charge in [0.05, 0.1) is 0 Å². The van der Waals surface area contributed by atoms with Crippen molar-refractivity contribution in [1.29, 1.82) is 0 Å². The summed E-state index contributed by atoms with van der Waals surface area (Å²) in [5.41, 5.74) is 1.43. The Bertz CT molecular complexity index is 186. The van der Waals surface area contributed by atoms with E-state index in [-0.39, 0.29) is 0 Å². The van der Waals surface area contributed by atoms with Crippen LogP contribution in [0.2, 0.25) is 0 Å². The van der Waals surface area contributed by atoms with Crippen LogP contribution in [0.3, 0.4) is 0 Å². The van der Waals surface area contributed by atoms with Gasteiger partial charge in [0.2, 0.25) is 0 Å². The van der Waals surface area contributed by atoms with Crippen LogP contribution in [0.4, 0.5) is 0 Å². The lowest BCUT2D eigenvalue weighted by Crippen LogP contribution is -1.99. The van der Waals surface area contributed by atoms with Crippen LogP contribution in [0, 0.1) is 5.92 Å². The number of hydrogen-bond acceptors (Lipinski definition) is 0. The molecule has 0 N–H and O–H groups in total. The Labute approximate surface area is 75.7 Å². The second kappa shape index (κ2) is 4.97. The fraction of sp³-hybridized carbons (Fsp3) is 0.500. The minimum atomic E-state index is 0.743. The lowest BCUT2D eigenvalue weighted by atomic mass is 9.91. The first-order chi connectivity index (χ1) is 5.86. The standard InChI is InChI=1S/C12H18/c1-3-11-7-5-9-12(4-2)10-6-8-11/h3-4,7,12H,1-2,5-6,8-10H2. The molecule has 1 aliphatic rings. The van der Waals surface area contributed by atoms with Gasteiger partial charge in [-0.05, 0) is 38.0 Å². The summed E-state index contributed by atoms with van der Waals surface area (Å²) >= 11 is 0. The van der Waals surface area contributed by atoms with Crippen LogP contribution in [0.15, 0.2) is 37.0 Å². The van der Waals surface area contributed by atoms with E-state index >= 15 is 0 Å². The molecular formula is C12H18. The fourth-order valence-corrected chi connectivity index (χ4v) is 1.72. The zero-order chi connectivity index (χ0) is 8.81. The molecular weight excluding hydrogens is 144 g/mol. The molecule has 0 nitrogen and oxygen atoms in total. The third-order valence-electron chi connectivity index (χ3n) is 2.58. The third-order valence-corrected chi connectivity index (χ3v) is 2.58. The molecule has 0 heteroatoms. The zero-order valence-electron chi connectivity index (χ0n) is 7.76. The molecule has 0 amide bonds. The summed E-state index contributed by atoms with van der Waals surface area (Å²) in [7, 11) is 0. The van der Waals surface area contributed by atoms with E-state index in [1.54, 1.807) is 0 Å². The summed E-state index contributed by atoms with van der Waals surface area (Å²) in [6, 6.07) is 0. The van der Waals surface area contributed by atoms with Crippen molar-refractivity contribution in [2.24, 2.45) is 5.92 Å². The second-order valence-corrected chi connectivity index (χ2v) is 3.45. The van der Waals surface area contributed by atoms with Crippen molar-refractivity contribution < 1.29 is 0 Å². The van der Waals surface area contributed by atoms with Gasteiger partial charge in [-0.3, -0.25) is 0 Å². The molecule has 0 fully saturated rings. The van der Waals surface area contributed by atoms with Gasteiger partial charge in [0.1, 0.15) is 0 Å². The fourth-order valence-electron chi connectivity index (χ4n) is 1.72. The lowest BCUT2D eigenvalue weighted by molar-refractivity contribution is 0.517. The van der Waals surface area contributed by atoms with Crippen molar-refractivity contribution in [3.63, 3.8) is 0 Å². The van der Waals surface area contributed by atoms with Crippen molar-refractivity contribution >= 4 is 0 Å². The summed E-state index contributed by atoms with van der Waals surface area (Å²) in [4.78, 5) is 0. The van der Waals surface area contributed by atoms with Gasteiger partial charge >= 0.3 is 0 Å². The van der Waals surface area contributed by atoms with Crippen molar-refractivity contribution in [1.82, 2.24) is 0 Å². The smallest absolute Gasteiger partial charge is 0.0233 e. The Kier molecular flexibility index (Phi) is 3.86. The summed E-state index contributed by atoms with van der Waals surface area (Å²) in [5.74, 6) is 0.743. The Balaban J connectivity index is 2.49. The first kappa shape index (κ1) is 9.31. The number of allylic oxidation sites excluding steroid dienone is 4. The molecule has 1 atom stereocenters. The highest BCUT2D eigenvalue weighted by Crippen LogP contribution is 2.22. The molecule has 0 bridgehead atoms. The largest absolute Gasteiger partial charge is 0.103 e. The predicted octanol–water partition coefficient (Wildman–Crippen LogP) is 3.87. The van der Waals surface area contributed by atoms with Crippen LogP contribution >= 0.6 is 0 Å². The Hall–Kier alpha value is -0.780. The highest BCUT2D eigenvalue weighted by Gasteiger charge is 2.06. The van der Waals surface area contributed by atoms with Crippen molar-refractivity contribution in [3.05, 3.63) is 37.0 Å². The normalized spacial score (nSPS) is 25.0. The Morgan fingerprint density at radius 1 is 1.33 bits per heavy atom. The molecule has 0 radical (unpaired) electrons. The first-order valence-corrected chi connectivity index (χ1v) is 4.81. The van der Waals surface area contributed by atoms with E-state index in [0.717, 1.165) is 5.92 Å². The Morgan fingerprint density at radius 3 is 2.83 bits per heavy atom. The molecule has 1 aliphatic carbocycles. The molecule has 12 heavy (non-hydrogen) atoms. The second-order valence-electron chi connectivity index (χ2n) is 3.45. The van der Waals surface area contributed by atoms with Gasteiger partial charge < -0.3 is 0 Å². The van der Waals surface area contributed by atoms with Crippen LogP contribution in [0.5, 0.6) is 0 Å². The predicted molar refractivity (Wildman–Crippen MR) is 55.1 cm³/mol. The van der Waals surface area contributed by atoms with Gasteiger partial charge in [0, 0.05) is 0 Å². The summed E-state index contributed by atoms with van der Waals surface area (Å²) in [5, 5.41) is 0. The topological polar surface area (TPSA) is 0 Å². The SMILES string of the molecule is C=CC1=CCCC(C=C)CCC1. The molecule has 0 spiro atoms. The number of hydrogen-bond donors (Lipinski definition) is 0. The molecule has 0 heterocycles. The van der Waals surface area contributed by atoms with Crippen LogP contribution in [0.25, 0.3) is 0 Å². The molecule has 0 aromatic heterocycles. The van der Waals surface area contributed by atoms with E-state index in [2.05, 4.69) is 25.3 Å². The summed E-state index contributed by atoms with van der Waals surface area (Å²) in [6.07, 6.45) is 12.7. The van der Waals surface area contributed by atoms with E-state index in [0.29, 0.717) is 0 Å². The minimum absolute atomic E-state index is 0.743. The molecule has 66 valence electrons. The van der Waals surface area contributed by atoms with Crippen LogP contribution in [-0.4, -0.2) is 0 Å². The van der Waals surface area contributed by atoms with E-state index in [1.807, 2.05) is 6.08 Å². The van der Waals surface area contributed by atoms with Crippen molar-refractivity contribution in [3.8, 4) is 0 Å². The molecule has 1 rings (SSSR count). The average molecular weight is 162 g/mol. The van der Waals surface area contributed by atoms with Crippen LogP contribution in [0.1, 0.15) is 32.1 Å². The quantitative estimate of drug-likeness (QED) is 0.541. The van der Waals surface area contributed by atoms with E-state index < -0.39 is 0 Å². The molecule has 0 aliphatic heterocycles. The molecule has 1 unspecified atom stereocenters. The van der Waals surface area contributed by atoms with Gasteiger partial charge in [-0.1, -0.05) is 30.4 Å². The zero-order valence-corrected chi connectivity index (χ0v) is 7.76. The highest BCUT2D eigenvalue weighted by atomic mass is 14.1. The van der Waals surface area contributed by atoms with Crippen LogP contribution < -0.4 is 0 Å². The number of rotatable bonds is 2. The maximum atomic E-state index is 3.85. The lowest BCUT2D eigenvalue weighted by Gasteiger charge is -2.14. The van der Waals surface area contributed by atoms with Gasteiger partial charge in [0.15, 0.2) is 0 Å². The Morgan fingerprint density at radius 2 is 2.17 bits per heavy atom.